The summed E-state index contributed by atoms with van der Waals surface area (Å²) in [6, 6.07) is 50.8. The molecule has 0 fully saturated rings. The van der Waals surface area contributed by atoms with Crippen LogP contribution < -0.4 is 0 Å². The van der Waals surface area contributed by atoms with Crippen LogP contribution in [0, 0.1) is 0 Å². The van der Waals surface area contributed by atoms with Gasteiger partial charge in [-0.05, 0) is 29.3 Å². The first-order chi connectivity index (χ1) is 24.4. The molecular formula is C41H33Cl3CrN5+. The van der Waals surface area contributed by atoms with Gasteiger partial charge in [0.25, 0.3) is 0 Å². The molecule has 0 radical (unpaired) electrons. The zero-order valence-corrected chi connectivity index (χ0v) is 30.7. The summed E-state index contributed by atoms with van der Waals surface area (Å²) in [5.74, 6) is 1.84. The number of imidazole rings is 2. The molecule has 0 aliphatic rings. The van der Waals surface area contributed by atoms with Crippen LogP contribution in [0.1, 0.15) is 11.6 Å². The van der Waals surface area contributed by atoms with E-state index in [1.807, 2.05) is 12.1 Å². The normalized spacial score (nSPS) is 11.3. The Kier molecular flexibility index (Phi) is 10.7. The van der Waals surface area contributed by atoms with Crippen molar-refractivity contribution in [3.05, 3.63) is 157 Å². The first-order valence-corrected chi connectivity index (χ1v) is 21.4. The van der Waals surface area contributed by atoms with Gasteiger partial charge in [0.15, 0.2) is 0 Å². The standard InChI is InChI=1S/C41H33N5.3ClH.Cr/c1-46(26-36-42-38-32(28-14-6-2-7-15-28)22-23-33(39(38)43-36)29-16-8-3-9-17-29)27-37-44-40-34(30-18-10-4-11-19-30)24-25-35(41(40)45-37)31-20-12-5-13-21-31;;;;/h2-25H,26-27H2,1H3,(H,42,43)(H,44,45);3*1H;/q;;;;+4/p-3. The fraction of sp³-hybridized carbons (Fsp3) is 0.0732. The molecule has 0 aliphatic heterocycles. The first-order valence-electron chi connectivity index (χ1n) is 16.1. The van der Waals surface area contributed by atoms with Gasteiger partial charge in [-0.3, -0.25) is 4.90 Å². The summed E-state index contributed by atoms with van der Waals surface area (Å²) in [5.41, 5.74) is 13.3. The van der Waals surface area contributed by atoms with Crippen molar-refractivity contribution < 1.29 is 11.4 Å². The third kappa shape index (κ3) is 7.67. The van der Waals surface area contributed by atoms with Crippen molar-refractivity contribution in [2.75, 3.05) is 7.05 Å². The van der Waals surface area contributed by atoms with Crippen LogP contribution in [0.2, 0.25) is 0 Å². The summed E-state index contributed by atoms with van der Waals surface area (Å²) in [6.45, 7) is 1.29. The molecule has 5 nitrogen and oxygen atoms in total. The van der Waals surface area contributed by atoms with Gasteiger partial charge in [0.05, 0.1) is 35.2 Å². The number of hydrogen-bond donors (Lipinski definition) is 2. The number of fused-ring (bicyclic) bond motifs is 2. The predicted octanol–water partition coefficient (Wildman–Crippen LogP) is 11.8. The third-order valence-electron chi connectivity index (χ3n) is 8.57. The van der Waals surface area contributed by atoms with Gasteiger partial charge in [0.1, 0.15) is 11.6 Å². The molecule has 6 aromatic carbocycles. The summed E-state index contributed by atoms with van der Waals surface area (Å²) in [4.78, 5) is 20.0. The van der Waals surface area contributed by atoms with E-state index in [1.165, 1.54) is 11.1 Å². The summed E-state index contributed by atoms with van der Waals surface area (Å²) in [7, 11) is 16.9. The number of nitrogens with one attached hydrogen (secondary N) is 2. The van der Waals surface area contributed by atoms with Crippen molar-refractivity contribution in [2.24, 2.45) is 0 Å². The van der Waals surface area contributed by atoms with Gasteiger partial charge >= 0.3 is 41.5 Å². The van der Waals surface area contributed by atoms with E-state index in [9.17, 15) is 0 Å². The SMILES string of the molecule is CN(Cc1nc2c(-c3ccccc3)ccc(-c3ccccc3)c2[nH]1)Cc1nc2c(-c3ccccc3)ccc(-c3ccccc3)c2[nH]1.[Cl][Cr+]([Cl])[Cl]. The molecule has 9 heteroatoms. The Morgan fingerprint density at radius 1 is 0.460 bits per heavy atom. The zero-order valence-electron chi connectivity index (χ0n) is 27.2. The fourth-order valence-electron chi connectivity index (χ4n) is 6.42. The Bertz CT molecular complexity index is 2010. The Labute approximate surface area is 308 Å². The van der Waals surface area contributed by atoms with E-state index in [0.29, 0.717) is 13.1 Å². The van der Waals surface area contributed by atoms with Crippen molar-refractivity contribution in [2.45, 2.75) is 13.1 Å². The molecule has 2 aromatic heterocycles. The molecule has 0 spiro atoms. The van der Waals surface area contributed by atoms with Crippen LogP contribution in [0.4, 0.5) is 0 Å². The molecule has 0 aliphatic carbocycles. The van der Waals surface area contributed by atoms with Gasteiger partial charge < -0.3 is 9.97 Å². The van der Waals surface area contributed by atoms with Crippen LogP contribution in [0.3, 0.4) is 0 Å². The topological polar surface area (TPSA) is 60.6 Å². The molecule has 0 saturated carbocycles. The number of H-pyrrole nitrogens is 2. The van der Waals surface area contributed by atoms with Gasteiger partial charge in [-0.25, -0.2) is 9.97 Å². The van der Waals surface area contributed by atoms with E-state index in [1.54, 1.807) is 0 Å². The molecule has 0 amide bonds. The van der Waals surface area contributed by atoms with Crippen LogP contribution in [0.5, 0.6) is 0 Å². The number of nitrogens with zero attached hydrogens (tertiary/aromatic N) is 3. The molecule has 2 N–H and O–H groups in total. The molecule has 248 valence electrons. The average molecular weight is 754 g/mol. The van der Waals surface area contributed by atoms with Gasteiger partial charge in [0.2, 0.25) is 0 Å². The van der Waals surface area contributed by atoms with Crippen LogP contribution in [-0.4, -0.2) is 31.9 Å². The Morgan fingerprint density at radius 3 is 1.06 bits per heavy atom. The van der Waals surface area contributed by atoms with Crippen molar-refractivity contribution >= 4 is 52.2 Å². The number of benzene rings is 6. The molecule has 8 rings (SSSR count). The first kappa shape index (κ1) is 34.1. The molecule has 50 heavy (non-hydrogen) atoms. The van der Waals surface area contributed by atoms with E-state index < -0.39 is 11.4 Å². The summed E-state index contributed by atoms with van der Waals surface area (Å²) >= 11 is -1.62. The molecule has 0 saturated heterocycles. The maximum absolute atomic E-state index is 5.18. The van der Waals surface area contributed by atoms with Gasteiger partial charge in [-0.15, -0.1) is 0 Å². The summed E-state index contributed by atoms with van der Waals surface area (Å²) < 4.78 is 0. The van der Waals surface area contributed by atoms with E-state index in [4.69, 9.17) is 40.1 Å². The number of halogens is 3. The van der Waals surface area contributed by atoms with Gasteiger partial charge in [-0.1, -0.05) is 146 Å². The second-order valence-electron chi connectivity index (χ2n) is 11.9. The minimum atomic E-state index is -1.62. The van der Waals surface area contributed by atoms with Crippen LogP contribution in [-0.2, 0) is 24.5 Å². The average Bonchev–Trinajstić information content (AvgIpc) is 3.76. The van der Waals surface area contributed by atoms with Gasteiger partial charge in [-0.2, -0.15) is 0 Å². The second-order valence-corrected chi connectivity index (χ2v) is 18.3. The predicted molar refractivity (Wildman–Crippen MR) is 207 cm³/mol. The number of aromatic amines is 2. The summed E-state index contributed by atoms with van der Waals surface area (Å²) in [5, 5.41) is 0. The molecular weight excluding hydrogens is 721 g/mol. The number of hydrogen-bond acceptors (Lipinski definition) is 3. The number of aromatic nitrogens is 4. The van der Waals surface area contributed by atoms with Crippen molar-refractivity contribution in [3.8, 4) is 44.5 Å². The maximum atomic E-state index is 5.18. The van der Waals surface area contributed by atoms with E-state index >= 15 is 0 Å². The third-order valence-corrected chi connectivity index (χ3v) is 8.57. The van der Waals surface area contributed by atoms with E-state index in [0.717, 1.165) is 67.1 Å². The number of rotatable bonds is 8. The van der Waals surface area contributed by atoms with Crippen molar-refractivity contribution in [1.82, 2.24) is 24.8 Å². The molecule has 8 aromatic rings. The molecule has 0 unspecified atom stereocenters. The van der Waals surface area contributed by atoms with E-state index in [-0.39, 0.29) is 0 Å². The van der Waals surface area contributed by atoms with Crippen LogP contribution in [0.15, 0.2) is 146 Å². The van der Waals surface area contributed by atoms with Crippen LogP contribution >= 0.6 is 30.1 Å². The monoisotopic (exact) mass is 752 g/mol. The Morgan fingerprint density at radius 2 is 0.740 bits per heavy atom. The minimum absolute atomic E-state index is 0.644. The summed E-state index contributed by atoms with van der Waals surface area (Å²) in [6.07, 6.45) is 0. The quantitative estimate of drug-likeness (QED) is 0.162. The van der Waals surface area contributed by atoms with Crippen LogP contribution in [0.25, 0.3) is 66.6 Å². The van der Waals surface area contributed by atoms with E-state index in [2.05, 4.69) is 155 Å². The zero-order chi connectivity index (χ0) is 34.5. The van der Waals surface area contributed by atoms with Crippen molar-refractivity contribution in [3.63, 3.8) is 0 Å². The Hall–Kier alpha value is -4.38. The van der Waals surface area contributed by atoms with Crippen molar-refractivity contribution in [1.29, 1.82) is 0 Å². The molecule has 0 bridgehead atoms. The van der Waals surface area contributed by atoms with Gasteiger partial charge in [0, 0.05) is 22.3 Å². The molecule has 2 heterocycles. The molecule has 0 atom stereocenters. The fourth-order valence-corrected chi connectivity index (χ4v) is 6.42. The Balaban J connectivity index is 0.000000932. The second kappa shape index (κ2) is 15.7.